The minimum absolute atomic E-state index is 0.0493. The maximum Gasteiger partial charge on any atom is 0.326 e. The van der Waals surface area contributed by atoms with Crippen LogP contribution in [0.3, 0.4) is 0 Å². The molecule has 2 N–H and O–H groups in total. The van der Waals surface area contributed by atoms with Crippen LogP contribution in [0.5, 0.6) is 11.5 Å². The second-order valence-corrected chi connectivity index (χ2v) is 13.1. The summed E-state index contributed by atoms with van der Waals surface area (Å²) in [5.41, 5.74) is 2.34. The van der Waals surface area contributed by atoms with Crippen molar-refractivity contribution in [1.82, 2.24) is 10.3 Å². The first-order valence-corrected chi connectivity index (χ1v) is 15.3. The summed E-state index contributed by atoms with van der Waals surface area (Å²) >= 11 is 0. The van der Waals surface area contributed by atoms with Crippen molar-refractivity contribution in [3.05, 3.63) is 89.1 Å². The highest BCUT2D eigenvalue weighted by atomic mass is 16.5. The minimum Gasteiger partial charge on any atom is -0.480 e. The van der Waals surface area contributed by atoms with Gasteiger partial charge in [-0.2, -0.15) is 0 Å². The Morgan fingerprint density at radius 3 is 2.33 bits per heavy atom. The average Bonchev–Trinajstić information content (AvgIpc) is 3.65. The van der Waals surface area contributed by atoms with Crippen LogP contribution in [-0.2, 0) is 23.1 Å². The summed E-state index contributed by atoms with van der Waals surface area (Å²) in [5, 5.41) is 14.4. The molecule has 0 radical (unpaired) electrons. The molecule has 1 atom stereocenters. The van der Waals surface area contributed by atoms with Crippen LogP contribution in [0.2, 0.25) is 0 Å². The Hall–Kier alpha value is -4.13. The molecule has 1 aliphatic rings. The number of carbonyl (C=O) groups excluding carboxylic acids is 1. The molecule has 0 bridgehead atoms. The highest BCUT2D eigenvalue weighted by molar-refractivity contribution is 5.99. The number of carboxylic acids is 1. The fraction of sp³-hybridized carbons (Fsp3) is 0.417. The number of amides is 1. The number of rotatable bonds is 10. The Bertz CT molecular complexity index is 1590. The Labute approximate surface area is 253 Å². The molecule has 2 aromatic heterocycles. The van der Waals surface area contributed by atoms with Crippen LogP contribution in [0, 0.1) is 5.92 Å². The van der Waals surface area contributed by atoms with Gasteiger partial charge >= 0.3 is 5.97 Å². The number of aromatic nitrogens is 1. The molecule has 0 aliphatic heterocycles. The molecule has 43 heavy (non-hydrogen) atoms. The molecule has 0 saturated heterocycles. The zero-order valence-corrected chi connectivity index (χ0v) is 25.8. The Morgan fingerprint density at radius 1 is 1.00 bits per heavy atom. The molecule has 1 fully saturated rings. The van der Waals surface area contributed by atoms with Crippen molar-refractivity contribution >= 4 is 22.6 Å². The van der Waals surface area contributed by atoms with Gasteiger partial charge in [0.05, 0.1) is 0 Å². The summed E-state index contributed by atoms with van der Waals surface area (Å²) in [7, 11) is 0. The number of ether oxygens (including phenoxy) is 1. The molecular weight excluding hydrogens is 540 g/mol. The molecule has 0 unspecified atom stereocenters. The Kier molecular flexibility index (Phi) is 8.90. The van der Waals surface area contributed by atoms with Crippen molar-refractivity contribution in [2.45, 2.75) is 90.5 Å². The second kappa shape index (κ2) is 12.6. The number of fused-ring (bicyclic) bond motifs is 1. The smallest absolute Gasteiger partial charge is 0.326 e. The van der Waals surface area contributed by atoms with Crippen LogP contribution in [0.1, 0.15) is 99.5 Å². The lowest BCUT2D eigenvalue weighted by Gasteiger charge is -2.19. The van der Waals surface area contributed by atoms with Gasteiger partial charge in [-0.05, 0) is 71.2 Å². The van der Waals surface area contributed by atoms with E-state index in [1.54, 1.807) is 12.1 Å². The molecule has 1 saturated carbocycles. The number of benzene rings is 2. The topological polar surface area (TPSA) is 102 Å². The van der Waals surface area contributed by atoms with E-state index >= 15 is 0 Å². The fourth-order valence-corrected chi connectivity index (χ4v) is 5.73. The van der Waals surface area contributed by atoms with Crippen LogP contribution < -0.4 is 10.1 Å². The van der Waals surface area contributed by atoms with Gasteiger partial charge in [-0.15, -0.1) is 0 Å². The summed E-state index contributed by atoms with van der Waals surface area (Å²) in [6, 6.07) is 18.2. The molecule has 0 spiro atoms. The zero-order valence-electron chi connectivity index (χ0n) is 25.8. The zero-order chi connectivity index (χ0) is 30.7. The lowest BCUT2D eigenvalue weighted by Crippen LogP contribution is -2.42. The van der Waals surface area contributed by atoms with Crippen molar-refractivity contribution in [2.24, 2.45) is 5.92 Å². The van der Waals surface area contributed by atoms with Gasteiger partial charge in [0, 0.05) is 23.4 Å². The molecule has 5 rings (SSSR count). The predicted octanol–water partition coefficient (Wildman–Crippen LogP) is 8.20. The van der Waals surface area contributed by atoms with Crippen molar-refractivity contribution in [3.63, 3.8) is 0 Å². The van der Waals surface area contributed by atoms with Crippen LogP contribution in [0.15, 0.2) is 65.1 Å². The fourth-order valence-electron chi connectivity index (χ4n) is 5.73. The summed E-state index contributed by atoms with van der Waals surface area (Å²) < 4.78 is 12.0. The number of furan rings is 1. The number of carbonyl (C=O) groups is 2. The van der Waals surface area contributed by atoms with Gasteiger partial charge in [-0.25, -0.2) is 9.78 Å². The van der Waals surface area contributed by atoms with E-state index in [-0.39, 0.29) is 23.4 Å². The first-order valence-electron chi connectivity index (χ1n) is 15.3. The van der Waals surface area contributed by atoms with E-state index in [4.69, 9.17) is 14.1 Å². The summed E-state index contributed by atoms with van der Waals surface area (Å²) in [4.78, 5) is 30.3. The van der Waals surface area contributed by atoms with Gasteiger partial charge in [0.2, 0.25) is 0 Å². The van der Waals surface area contributed by atoms with E-state index in [2.05, 4.69) is 38.2 Å². The summed E-state index contributed by atoms with van der Waals surface area (Å²) in [6.07, 6.45) is 5.49. The number of pyridine rings is 1. The molecule has 2 aromatic carbocycles. The van der Waals surface area contributed by atoms with Crippen LogP contribution in [0.4, 0.5) is 0 Å². The number of carboxylic acid groups (broad SMARTS) is 1. The molecule has 4 aromatic rings. The SMILES string of the molecule is CC(C)c1ccc(C[C@H](NC(=O)c2cc3ccc(Oc4ccc(C(C)(C)C)cc4)cc3c(CC3CCCC3)n2)C(=O)O)o1. The van der Waals surface area contributed by atoms with Gasteiger partial charge in [-0.1, -0.05) is 78.5 Å². The standard InChI is InChI=1S/C36H42N2O5/c1-22(2)33-17-16-28(43-33)21-32(35(40)41)38-34(39)31-19-24-10-13-27(42-26-14-11-25(12-15-26)36(3,4)5)20-29(24)30(37-31)18-23-8-6-7-9-23/h10-17,19-20,22-23,32H,6-9,18,21H2,1-5H3,(H,38,39)(H,40,41)/t32-/m0/s1. The lowest BCUT2D eigenvalue weighted by atomic mass is 9.87. The van der Waals surface area contributed by atoms with E-state index in [0.717, 1.165) is 47.2 Å². The number of nitrogens with zero attached hydrogens (tertiary/aromatic N) is 1. The van der Waals surface area contributed by atoms with Gasteiger partial charge in [0.15, 0.2) is 0 Å². The first-order chi connectivity index (χ1) is 20.5. The van der Waals surface area contributed by atoms with E-state index in [1.807, 2.05) is 50.2 Å². The average molecular weight is 583 g/mol. The minimum atomic E-state index is -1.14. The highest BCUT2D eigenvalue weighted by Gasteiger charge is 2.25. The Morgan fingerprint density at radius 2 is 1.70 bits per heavy atom. The molecule has 1 aliphatic carbocycles. The number of aliphatic carboxylic acids is 1. The molecule has 2 heterocycles. The third-order valence-corrected chi connectivity index (χ3v) is 8.29. The van der Waals surface area contributed by atoms with Crippen LogP contribution in [0.25, 0.3) is 10.8 Å². The van der Waals surface area contributed by atoms with E-state index in [9.17, 15) is 14.7 Å². The van der Waals surface area contributed by atoms with Gasteiger partial charge in [0.25, 0.3) is 5.91 Å². The normalized spacial score (nSPS) is 14.7. The monoisotopic (exact) mass is 582 g/mol. The molecular formula is C36H42N2O5. The summed E-state index contributed by atoms with van der Waals surface area (Å²) in [5.74, 6) is 1.81. The number of hydrogen-bond acceptors (Lipinski definition) is 5. The van der Waals surface area contributed by atoms with Crippen molar-refractivity contribution in [1.29, 1.82) is 0 Å². The van der Waals surface area contributed by atoms with E-state index in [0.29, 0.717) is 17.4 Å². The van der Waals surface area contributed by atoms with E-state index < -0.39 is 17.9 Å². The van der Waals surface area contributed by atoms with Gasteiger partial charge < -0.3 is 19.6 Å². The second-order valence-electron chi connectivity index (χ2n) is 13.1. The molecule has 7 heteroatoms. The number of hydrogen-bond donors (Lipinski definition) is 2. The highest BCUT2D eigenvalue weighted by Crippen LogP contribution is 2.33. The maximum absolute atomic E-state index is 13.4. The largest absolute Gasteiger partial charge is 0.480 e. The van der Waals surface area contributed by atoms with Crippen LogP contribution in [-0.4, -0.2) is 28.0 Å². The third kappa shape index (κ3) is 7.45. The molecule has 7 nitrogen and oxygen atoms in total. The number of nitrogens with one attached hydrogen (secondary N) is 1. The Balaban J connectivity index is 1.41. The first kappa shape index (κ1) is 30.3. The summed E-state index contributed by atoms with van der Waals surface area (Å²) in [6.45, 7) is 10.6. The van der Waals surface area contributed by atoms with E-state index in [1.165, 1.54) is 18.4 Å². The third-order valence-electron chi connectivity index (χ3n) is 8.29. The van der Waals surface area contributed by atoms with Crippen molar-refractivity contribution < 1.29 is 23.8 Å². The van der Waals surface area contributed by atoms with Gasteiger partial charge in [0.1, 0.15) is 34.8 Å². The van der Waals surface area contributed by atoms with Crippen LogP contribution >= 0.6 is 0 Å². The van der Waals surface area contributed by atoms with Gasteiger partial charge in [-0.3, -0.25) is 4.79 Å². The predicted molar refractivity (Wildman–Crippen MR) is 168 cm³/mol. The lowest BCUT2D eigenvalue weighted by molar-refractivity contribution is -0.139. The maximum atomic E-state index is 13.4. The van der Waals surface area contributed by atoms with Crippen molar-refractivity contribution in [2.75, 3.05) is 0 Å². The van der Waals surface area contributed by atoms with Crippen molar-refractivity contribution in [3.8, 4) is 11.5 Å². The quantitative estimate of drug-likeness (QED) is 0.195. The molecule has 1 amide bonds. The molecule has 226 valence electrons.